The molecule has 21 heavy (non-hydrogen) atoms. The summed E-state index contributed by atoms with van der Waals surface area (Å²) in [5.41, 5.74) is 1.16. The normalized spacial score (nSPS) is 17.7. The third-order valence-corrected chi connectivity index (χ3v) is 4.70. The highest BCUT2D eigenvalue weighted by molar-refractivity contribution is 7.91. The van der Waals surface area contributed by atoms with Crippen molar-refractivity contribution in [3.63, 3.8) is 0 Å². The maximum atomic E-state index is 13.7. The Hall–Kier alpha value is -1.07. The first-order valence-electron chi connectivity index (χ1n) is 7.17. The van der Waals surface area contributed by atoms with E-state index in [1.54, 1.807) is 13.0 Å². The van der Waals surface area contributed by atoms with Gasteiger partial charge in [-0.2, -0.15) is 0 Å². The van der Waals surface area contributed by atoms with Crippen LogP contribution in [0.5, 0.6) is 5.75 Å². The Kier molecular flexibility index (Phi) is 4.94. The molecule has 1 saturated carbocycles. The Balaban J connectivity index is 2.15. The van der Waals surface area contributed by atoms with E-state index in [4.69, 9.17) is 4.74 Å². The van der Waals surface area contributed by atoms with Crippen molar-refractivity contribution in [2.45, 2.75) is 45.3 Å². The first kappa shape index (κ1) is 16.3. The molecule has 1 fully saturated rings. The molecule has 0 saturated heterocycles. The summed E-state index contributed by atoms with van der Waals surface area (Å²) < 4.78 is 35.1. The first-order valence-corrected chi connectivity index (χ1v) is 8.27. The van der Waals surface area contributed by atoms with E-state index in [1.165, 1.54) is 25.0 Å². The van der Waals surface area contributed by atoms with Crippen molar-refractivity contribution in [1.82, 2.24) is 0 Å². The smallest absolute Gasteiger partial charge is 0.144 e. The molecule has 116 valence electrons. The molecule has 3 nitrogen and oxygen atoms in total. The van der Waals surface area contributed by atoms with E-state index < -0.39 is 16.1 Å². The third-order valence-electron chi connectivity index (χ3n) is 3.22. The highest BCUT2D eigenvalue weighted by Crippen LogP contribution is 2.30. The summed E-state index contributed by atoms with van der Waals surface area (Å²) >= 11 is -1.36. The van der Waals surface area contributed by atoms with Crippen LogP contribution in [-0.2, 0) is 11.4 Å². The highest BCUT2D eigenvalue weighted by atomic mass is 32.2. The third kappa shape index (κ3) is 5.00. The van der Waals surface area contributed by atoms with Crippen LogP contribution in [0.25, 0.3) is 0 Å². The standard InChI is InChI=1S/C16H22FNO2S/c1-11(18-21(19)16(2,3)4)13-7-14(17)9-15(8-13)20-10-12-5-6-12/h7-9,12H,5-6,10H2,1-4H3. The van der Waals surface area contributed by atoms with E-state index in [9.17, 15) is 8.94 Å². The lowest BCUT2D eigenvalue weighted by molar-refractivity contribution is 0.298. The summed E-state index contributed by atoms with van der Waals surface area (Å²) in [6, 6.07) is 4.52. The van der Waals surface area contributed by atoms with E-state index in [0.29, 0.717) is 29.5 Å². The second-order valence-electron chi connectivity index (χ2n) is 6.47. The van der Waals surface area contributed by atoms with Crippen LogP contribution in [-0.4, -0.2) is 21.6 Å². The molecule has 1 aliphatic rings. The Labute approximate surface area is 128 Å². The second-order valence-corrected chi connectivity index (χ2v) is 8.37. The van der Waals surface area contributed by atoms with Crippen LogP contribution in [0.3, 0.4) is 0 Å². The van der Waals surface area contributed by atoms with Crippen molar-refractivity contribution in [2.24, 2.45) is 10.3 Å². The van der Waals surface area contributed by atoms with E-state index in [2.05, 4.69) is 4.40 Å². The maximum absolute atomic E-state index is 13.7. The molecule has 0 bridgehead atoms. The number of ether oxygens (including phenoxy) is 1. The minimum Gasteiger partial charge on any atom is -0.591 e. The van der Waals surface area contributed by atoms with Gasteiger partial charge in [0.15, 0.2) is 0 Å². The van der Waals surface area contributed by atoms with Gasteiger partial charge in [-0.05, 0) is 58.6 Å². The summed E-state index contributed by atoms with van der Waals surface area (Å²) in [5.74, 6) is 0.752. The van der Waals surface area contributed by atoms with Crippen molar-refractivity contribution in [3.8, 4) is 5.75 Å². The predicted molar refractivity (Wildman–Crippen MR) is 84.7 cm³/mol. The lowest BCUT2D eigenvalue weighted by Crippen LogP contribution is -2.26. The van der Waals surface area contributed by atoms with Gasteiger partial charge in [-0.25, -0.2) is 4.39 Å². The zero-order valence-electron chi connectivity index (χ0n) is 13.0. The van der Waals surface area contributed by atoms with Gasteiger partial charge >= 0.3 is 0 Å². The fourth-order valence-electron chi connectivity index (χ4n) is 1.67. The monoisotopic (exact) mass is 311 g/mol. The topological polar surface area (TPSA) is 44.7 Å². The van der Waals surface area contributed by atoms with Gasteiger partial charge in [0.2, 0.25) is 0 Å². The summed E-state index contributed by atoms with van der Waals surface area (Å²) in [4.78, 5) is 0. The lowest BCUT2D eigenvalue weighted by atomic mass is 10.1. The number of hydrogen-bond acceptors (Lipinski definition) is 3. The van der Waals surface area contributed by atoms with Crippen molar-refractivity contribution >= 4 is 17.1 Å². The van der Waals surface area contributed by atoms with Crippen molar-refractivity contribution in [2.75, 3.05) is 6.61 Å². The van der Waals surface area contributed by atoms with Gasteiger partial charge < -0.3 is 9.29 Å². The summed E-state index contributed by atoms with van der Waals surface area (Å²) in [7, 11) is 0. The van der Waals surface area contributed by atoms with Crippen LogP contribution < -0.4 is 4.74 Å². The van der Waals surface area contributed by atoms with Gasteiger partial charge in [-0.1, -0.05) is 4.40 Å². The molecule has 0 spiro atoms. The number of hydrogen-bond donors (Lipinski definition) is 0. The maximum Gasteiger partial charge on any atom is 0.144 e. The Morgan fingerprint density at radius 2 is 2.05 bits per heavy atom. The molecule has 0 heterocycles. The fourth-order valence-corrected chi connectivity index (χ4v) is 2.30. The van der Waals surface area contributed by atoms with E-state index in [-0.39, 0.29) is 5.82 Å². The van der Waals surface area contributed by atoms with Crippen LogP contribution >= 0.6 is 0 Å². The Bertz CT molecular complexity index is 536. The summed E-state index contributed by atoms with van der Waals surface area (Å²) in [6.45, 7) is 7.94. The van der Waals surface area contributed by atoms with Gasteiger partial charge in [0.1, 0.15) is 27.7 Å². The number of rotatable bonds is 5. The largest absolute Gasteiger partial charge is 0.591 e. The van der Waals surface area contributed by atoms with E-state index >= 15 is 0 Å². The molecule has 0 amide bonds. The molecule has 1 unspecified atom stereocenters. The quantitative estimate of drug-likeness (QED) is 0.612. The molecule has 1 aliphatic carbocycles. The minimum atomic E-state index is -1.36. The molecule has 1 aromatic rings. The molecule has 5 heteroatoms. The zero-order chi connectivity index (χ0) is 15.6. The minimum absolute atomic E-state index is 0.366. The molecular formula is C16H22FNO2S. The predicted octanol–water partition coefficient (Wildman–Crippen LogP) is 3.89. The van der Waals surface area contributed by atoms with Crippen molar-refractivity contribution < 1.29 is 13.7 Å². The molecule has 0 aliphatic heterocycles. The Morgan fingerprint density at radius 3 is 2.62 bits per heavy atom. The number of nitrogens with zero attached hydrogens (tertiary/aromatic N) is 1. The van der Waals surface area contributed by atoms with Gasteiger partial charge in [0, 0.05) is 11.6 Å². The van der Waals surface area contributed by atoms with Gasteiger partial charge in [0.25, 0.3) is 0 Å². The van der Waals surface area contributed by atoms with Crippen LogP contribution in [0, 0.1) is 11.7 Å². The number of benzene rings is 1. The molecule has 0 radical (unpaired) electrons. The lowest BCUT2D eigenvalue weighted by Gasteiger charge is -2.18. The van der Waals surface area contributed by atoms with Crippen LogP contribution in [0.2, 0.25) is 0 Å². The van der Waals surface area contributed by atoms with Crippen LogP contribution in [0.1, 0.15) is 46.1 Å². The van der Waals surface area contributed by atoms with Gasteiger partial charge in [-0.15, -0.1) is 0 Å². The van der Waals surface area contributed by atoms with Crippen molar-refractivity contribution in [1.29, 1.82) is 0 Å². The first-order chi connectivity index (χ1) is 9.75. The fraction of sp³-hybridized carbons (Fsp3) is 0.562. The van der Waals surface area contributed by atoms with Crippen LogP contribution in [0.15, 0.2) is 22.6 Å². The van der Waals surface area contributed by atoms with Gasteiger partial charge in [0.05, 0.1) is 12.3 Å². The molecule has 1 aromatic carbocycles. The molecular weight excluding hydrogens is 289 g/mol. The number of halogens is 1. The second kappa shape index (κ2) is 6.36. The summed E-state index contributed by atoms with van der Waals surface area (Å²) in [5, 5.41) is 0. The summed E-state index contributed by atoms with van der Waals surface area (Å²) in [6.07, 6.45) is 2.38. The van der Waals surface area contributed by atoms with Crippen LogP contribution in [0.4, 0.5) is 4.39 Å². The average molecular weight is 311 g/mol. The van der Waals surface area contributed by atoms with Gasteiger partial charge in [-0.3, -0.25) is 0 Å². The SMILES string of the molecule is CC(=N[S+]([O-])C(C)(C)C)c1cc(F)cc(OCC2CC2)c1. The molecule has 0 N–H and O–H groups in total. The van der Waals surface area contributed by atoms with E-state index in [1.807, 2.05) is 20.8 Å². The Morgan fingerprint density at radius 1 is 1.38 bits per heavy atom. The molecule has 1 atom stereocenters. The van der Waals surface area contributed by atoms with Crippen molar-refractivity contribution in [3.05, 3.63) is 29.6 Å². The zero-order valence-corrected chi connectivity index (χ0v) is 13.8. The average Bonchev–Trinajstić information content (AvgIpc) is 3.18. The van der Waals surface area contributed by atoms with E-state index in [0.717, 1.165) is 0 Å². The molecule has 2 rings (SSSR count). The highest BCUT2D eigenvalue weighted by Gasteiger charge is 2.27. The molecule has 0 aromatic heterocycles.